The smallest absolute Gasteiger partial charge is 0.151 e. The average Bonchev–Trinajstić information content (AvgIpc) is 2.38. The largest absolute Gasteiger partial charge is 0.383 e. The summed E-state index contributed by atoms with van der Waals surface area (Å²) in [5.74, 6) is 0. The Kier molecular flexibility index (Phi) is 3.13. The summed E-state index contributed by atoms with van der Waals surface area (Å²) in [7, 11) is 1.63. The molecular weight excluding hydrogens is 170 g/mol. The summed E-state index contributed by atoms with van der Waals surface area (Å²) in [6.45, 7) is 4.83. The molecule has 1 heterocycles. The lowest BCUT2D eigenvalue weighted by Gasteiger charge is -2.01. The fourth-order valence-electron chi connectivity index (χ4n) is 1.22. The molecule has 0 saturated carbocycles. The fraction of sp³-hybridized carbons (Fsp3) is 0.625. The molecule has 0 bridgehead atoms. The molecule has 5 nitrogen and oxygen atoms in total. The van der Waals surface area contributed by atoms with Crippen LogP contribution >= 0.6 is 0 Å². The predicted molar refractivity (Wildman–Crippen MR) is 49.0 cm³/mol. The summed E-state index contributed by atoms with van der Waals surface area (Å²) < 4.78 is 6.65. The topological polar surface area (TPSA) is 56.5 Å². The second-order valence-electron chi connectivity index (χ2n) is 2.83. The predicted octanol–water partition coefficient (Wildman–Crippen LogP) is 1.54. The Bertz CT molecular complexity index is 307. The minimum Gasteiger partial charge on any atom is -0.383 e. The molecule has 0 fully saturated rings. The number of hydrogen-bond donors (Lipinski definition) is 0. The molecular formula is C8H13N3O2. The SMILES string of the molecule is COCCn1nc(C)c(N=O)c1C. The van der Waals surface area contributed by atoms with Crippen LogP contribution in [0.3, 0.4) is 0 Å². The van der Waals surface area contributed by atoms with Gasteiger partial charge in [0, 0.05) is 7.11 Å². The number of rotatable bonds is 4. The number of ether oxygens (including phenoxy) is 1. The van der Waals surface area contributed by atoms with E-state index in [0.29, 0.717) is 24.5 Å². The standard InChI is InChI=1S/C8H13N3O2/c1-6-8(10-12)7(2)11(9-6)4-5-13-3/h4-5H2,1-3H3. The molecule has 0 aromatic carbocycles. The number of aromatic nitrogens is 2. The van der Waals surface area contributed by atoms with Crippen LogP contribution in [0.5, 0.6) is 0 Å². The normalized spacial score (nSPS) is 10.4. The minimum atomic E-state index is 0.441. The molecule has 1 aromatic heterocycles. The van der Waals surface area contributed by atoms with Gasteiger partial charge in [-0.05, 0) is 19.0 Å². The maximum Gasteiger partial charge on any atom is 0.151 e. The zero-order valence-corrected chi connectivity index (χ0v) is 8.07. The Hall–Kier alpha value is -1.23. The lowest BCUT2D eigenvalue weighted by Crippen LogP contribution is -2.07. The van der Waals surface area contributed by atoms with E-state index in [1.807, 2.05) is 6.92 Å². The van der Waals surface area contributed by atoms with Crippen molar-refractivity contribution in [2.75, 3.05) is 13.7 Å². The van der Waals surface area contributed by atoms with Gasteiger partial charge in [-0.25, -0.2) is 0 Å². The quantitative estimate of drug-likeness (QED) is 0.665. The maximum absolute atomic E-state index is 10.4. The second-order valence-corrected chi connectivity index (χ2v) is 2.83. The van der Waals surface area contributed by atoms with E-state index in [4.69, 9.17) is 4.74 Å². The fourth-order valence-corrected chi connectivity index (χ4v) is 1.22. The van der Waals surface area contributed by atoms with E-state index in [9.17, 15) is 4.91 Å². The first-order chi connectivity index (χ1) is 6.20. The molecule has 72 valence electrons. The van der Waals surface area contributed by atoms with Crippen LogP contribution in [0.4, 0.5) is 5.69 Å². The van der Waals surface area contributed by atoms with Gasteiger partial charge in [0.05, 0.1) is 24.5 Å². The zero-order valence-electron chi connectivity index (χ0n) is 8.07. The van der Waals surface area contributed by atoms with E-state index < -0.39 is 0 Å². The van der Waals surface area contributed by atoms with Gasteiger partial charge in [0.15, 0.2) is 5.69 Å². The molecule has 1 aromatic rings. The van der Waals surface area contributed by atoms with Crippen molar-refractivity contribution in [3.05, 3.63) is 16.3 Å². The van der Waals surface area contributed by atoms with Crippen molar-refractivity contribution in [2.45, 2.75) is 20.4 Å². The molecule has 0 aliphatic rings. The van der Waals surface area contributed by atoms with Gasteiger partial charge in [0.25, 0.3) is 0 Å². The molecule has 5 heteroatoms. The lowest BCUT2D eigenvalue weighted by atomic mass is 10.3. The molecule has 0 aliphatic heterocycles. The second kappa shape index (κ2) is 4.13. The van der Waals surface area contributed by atoms with Crippen molar-refractivity contribution in [3.63, 3.8) is 0 Å². The molecule has 0 unspecified atom stereocenters. The van der Waals surface area contributed by atoms with Gasteiger partial charge in [0.1, 0.15) is 0 Å². The first-order valence-corrected chi connectivity index (χ1v) is 4.07. The average molecular weight is 183 g/mol. The number of methoxy groups -OCH3 is 1. The third-order valence-corrected chi connectivity index (χ3v) is 1.94. The van der Waals surface area contributed by atoms with Crippen molar-refractivity contribution in [3.8, 4) is 0 Å². The number of nitrogens with zero attached hydrogens (tertiary/aromatic N) is 3. The third-order valence-electron chi connectivity index (χ3n) is 1.94. The van der Waals surface area contributed by atoms with E-state index in [2.05, 4.69) is 10.3 Å². The minimum absolute atomic E-state index is 0.441. The summed E-state index contributed by atoms with van der Waals surface area (Å²) >= 11 is 0. The number of aryl methyl sites for hydroxylation is 1. The lowest BCUT2D eigenvalue weighted by molar-refractivity contribution is 0.182. The van der Waals surface area contributed by atoms with E-state index >= 15 is 0 Å². The Morgan fingerprint density at radius 2 is 2.23 bits per heavy atom. The van der Waals surface area contributed by atoms with Crippen molar-refractivity contribution in [2.24, 2.45) is 5.18 Å². The van der Waals surface area contributed by atoms with Crippen molar-refractivity contribution in [1.82, 2.24) is 9.78 Å². The molecule has 0 spiro atoms. The molecule has 0 saturated heterocycles. The zero-order chi connectivity index (χ0) is 9.84. The van der Waals surface area contributed by atoms with Crippen LogP contribution in [-0.2, 0) is 11.3 Å². The highest BCUT2D eigenvalue weighted by Crippen LogP contribution is 2.21. The van der Waals surface area contributed by atoms with Gasteiger partial charge < -0.3 is 4.74 Å². The molecule has 0 N–H and O–H groups in total. The van der Waals surface area contributed by atoms with Gasteiger partial charge >= 0.3 is 0 Å². The Morgan fingerprint density at radius 1 is 1.54 bits per heavy atom. The van der Waals surface area contributed by atoms with Crippen molar-refractivity contribution in [1.29, 1.82) is 0 Å². The monoisotopic (exact) mass is 183 g/mol. The molecule has 0 atom stereocenters. The maximum atomic E-state index is 10.4. The van der Waals surface area contributed by atoms with Gasteiger partial charge in [0.2, 0.25) is 0 Å². The molecule has 1 rings (SSSR count). The highest BCUT2D eigenvalue weighted by atomic mass is 16.5. The Morgan fingerprint density at radius 3 is 2.69 bits per heavy atom. The van der Waals surface area contributed by atoms with Crippen LogP contribution in [0.15, 0.2) is 5.18 Å². The Labute approximate surface area is 76.7 Å². The van der Waals surface area contributed by atoms with Gasteiger partial charge in [-0.3, -0.25) is 4.68 Å². The Balaban J connectivity index is 2.90. The summed E-state index contributed by atoms with van der Waals surface area (Å²) in [6.07, 6.45) is 0. The van der Waals surface area contributed by atoms with Crippen LogP contribution in [0, 0.1) is 18.8 Å². The van der Waals surface area contributed by atoms with E-state index in [1.54, 1.807) is 18.7 Å². The number of nitroso groups, excluding NO2 is 1. The first kappa shape index (κ1) is 9.85. The molecule has 0 amide bonds. The van der Waals surface area contributed by atoms with Crippen molar-refractivity contribution < 1.29 is 4.74 Å². The van der Waals surface area contributed by atoms with Crippen molar-refractivity contribution >= 4 is 5.69 Å². The summed E-state index contributed by atoms with van der Waals surface area (Å²) in [6, 6.07) is 0. The summed E-state index contributed by atoms with van der Waals surface area (Å²) in [5.41, 5.74) is 1.91. The summed E-state index contributed by atoms with van der Waals surface area (Å²) in [4.78, 5) is 10.4. The molecule has 0 aliphatic carbocycles. The number of hydrogen-bond acceptors (Lipinski definition) is 4. The third kappa shape index (κ3) is 1.92. The van der Waals surface area contributed by atoms with E-state index in [-0.39, 0.29) is 0 Å². The van der Waals surface area contributed by atoms with Gasteiger partial charge in [-0.15, -0.1) is 4.91 Å². The van der Waals surface area contributed by atoms with Crippen LogP contribution in [0.2, 0.25) is 0 Å². The highest BCUT2D eigenvalue weighted by molar-refractivity contribution is 5.45. The van der Waals surface area contributed by atoms with Gasteiger partial charge in [-0.2, -0.15) is 5.10 Å². The highest BCUT2D eigenvalue weighted by Gasteiger charge is 2.10. The summed E-state index contributed by atoms with van der Waals surface area (Å²) in [5, 5.41) is 7.09. The molecule has 13 heavy (non-hydrogen) atoms. The molecule has 0 radical (unpaired) electrons. The first-order valence-electron chi connectivity index (χ1n) is 4.07. The van der Waals surface area contributed by atoms with Crippen LogP contribution < -0.4 is 0 Å². The van der Waals surface area contributed by atoms with E-state index in [1.165, 1.54) is 0 Å². The van der Waals surface area contributed by atoms with Gasteiger partial charge in [-0.1, -0.05) is 0 Å². The van der Waals surface area contributed by atoms with E-state index in [0.717, 1.165) is 5.69 Å². The van der Waals surface area contributed by atoms with Crippen LogP contribution in [0.25, 0.3) is 0 Å². The van der Waals surface area contributed by atoms with Crippen LogP contribution in [0.1, 0.15) is 11.4 Å². The van der Waals surface area contributed by atoms with Crippen LogP contribution in [-0.4, -0.2) is 23.5 Å².